The zero-order valence-corrected chi connectivity index (χ0v) is 57.2. The maximum absolute atomic E-state index is 13.1. The molecule has 4 aliphatic rings. The van der Waals surface area contributed by atoms with E-state index in [0.717, 1.165) is 70.0 Å². The Morgan fingerprint density at radius 1 is 0.547 bits per heavy atom. The van der Waals surface area contributed by atoms with Crippen LogP contribution in [0.5, 0.6) is 34.5 Å². The molecule has 10 rings (SSSR count). The lowest BCUT2D eigenvalue weighted by atomic mass is 9.92. The number of carbonyl (C=O) groups is 3. The van der Waals surface area contributed by atoms with Gasteiger partial charge in [0.25, 0.3) is 0 Å². The first kappa shape index (κ1) is 73.7. The molecule has 0 aliphatic carbocycles. The van der Waals surface area contributed by atoms with E-state index >= 15 is 0 Å². The molecule has 0 bridgehead atoms. The number of aliphatic hydroxyl groups excluding tert-OH is 3. The smallest absolute Gasteiger partial charge is 0.236 e. The Morgan fingerprint density at radius 3 is 1.35 bits per heavy atom. The molecule has 5 unspecified atom stereocenters. The van der Waals surface area contributed by atoms with Crippen LogP contribution in [0.3, 0.4) is 0 Å². The van der Waals surface area contributed by atoms with E-state index in [1.807, 2.05) is 42.5 Å². The van der Waals surface area contributed by atoms with Gasteiger partial charge in [-0.25, -0.2) is 0 Å². The van der Waals surface area contributed by atoms with Gasteiger partial charge in [-0.05, 0) is 180 Å². The summed E-state index contributed by atoms with van der Waals surface area (Å²) < 4.78 is 34.3. The summed E-state index contributed by atoms with van der Waals surface area (Å²) in [5.41, 5.74) is 4.28. The molecule has 0 aromatic heterocycles. The highest BCUT2D eigenvalue weighted by Gasteiger charge is 2.41. The first-order valence-corrected chi connectivity index (χ1v) is 34.2. The highest BCUT2D eigenvalue weighted by molar-refractivity contribution is 6.31. The summed E-state index contributed by atoms with van der Waals surface area (Å²) in [6.07, 6.45) is 12.1. The molecule has 512 valence electrons. The van der Waals surface area contributed by atoms with Crippen LogP contribution in [0.2, 0.25) is 15.1 Å². The second-order valence-corrected chi connectivity index (χ2v) is 25.4. The van der Waals surface area contributed by atoms with Gasteiger partial charge in [0, 0.05) is 70.7 Å². The number of amides is 3. The van der Waals surface area contributed by atoms with Gasteiger partial charge in [0.15, 0.2) is 34.5 Å². The number of anilines is 3. The van der Waals surface area contributed by atoms with Crippen LogP contribution >= 0.6 is 34.8 Å². The maximum Gasteiger partial charge on any atom is 0.236 e. The van der Waals surface area contributed by atoms with Gasteiger partial charge in [-0.2, -0.15) is 0 Å². The number of benzene rings is 6. The normalized spacial score (nSPS) is 17.7. The molecule has 3 amide bonds. The predicted octanol–water partition coefficient (Wildman–Crippen LogP) is 13.2. The van der Waals surface area contributed by atoms with Crippen molar-refractivity contribution >= 4 is 69.6 Å². The molecular weight excluding hydrogens is 1270 g/mol. The fraction of sp³-hybridized carbons (Fsp3) is 0.446. The van der Waals surface area contributed by atoms with Gasteiger partial charge in [0.1, 0.15) is 26.0 Å². The number of allylic oxidation sites excluding steroid dienone is 1. The molecule has 5 N–H and O–H groups in total. The van der Waals surface area contributed by atoms with Crippen molar-refractivity contribution < 1.29 is 58.1 Å². The number of rotatable bonds is 28. The number of ether oxygens (including phenoxy) is 6. The van der Waals surface area contributed by atoms with Crippen LogP contribution in [0.4, 0.5) is 17.1 Å². The van der Waals surface area contributed by atoms with Gasteiger partial charge >= 0.3 is 0 Å². The molecule has 6 aromatic rings. The summed E-state index contributed by atoms with van der Waals surface area (Å²) in [6, 6.07) is 37.5. The SMILES string of the molecule is C=CCC(C(=O)Nc1ccc(OC)c(OCCN2CCCCC2)c1)c1ccc(Cl)cc1.COc1ccc(N2C(=O)C(c3ccc(Cl)cc3)CC2O)cc1OCCN1CCCCC1.COc1ccc(NC(=O)C(CC(O)CO)c2ccc(Cl)cc2)cc1OCCN1CCCCC1. The van der Waals surface area contributed by atoms with Crippen molar-refractivity contribution in [3.05, 3.63) is 172 Å². The summed E-state index contributed by atoms with van der Waals surface area (Å²) in [4.78, 5) is 47.9. The van der Waals surface area contributed by atoms with Crippen molar-refractivity contribution in [2.75, 3.05) is 122 Å². The van der Waals surface area contributed by atoms with E-state index in [2.05, 4.69) is 31.9 Å². The molecule has 6 aromatic carbocycles. The van der Waals surface area contributed by atoms with Crippen LogP contribution in [-0.2, 0) is 14.4 Å². The Kier molecular flexibility index (Phi) is 29.9. The fourth-order valence-corrected chi connectivity index (χ4v) is 12.6. The second-order valence-electron chi connectivity index (χ2n) is 24.1. The van der Waals surface area contributed by atoms with Crippen LogP contribution in [0.25, 0.3) is 0 Å². The molecule has 0 spiro atoms. The Bertz CT molecular complexity index is 3350. The lowest BCUT2D eigenvalue weighted by molar-refractivity contribution is -0.119. The summed E-state index contributed by atoms with van der Waals surface area (Å²) in [5.74, 6) is 1.67. The van der Waals surface area contributed by atoms with Crippen LogP contribution in [0.15, 0.2) is 140 Å². The number of carbonyl (C=O) groups excluding carboxylic acids is 3. The molecule has 21 heteroatoms. The summed E-state index contributed by atoms with van der Waals surface area (Å²) in [6.45, 7) is 14.3. The zero-order valence-electron chi connectivity index (χ0n) is 54.9. The lowest BCUT2D eigenvalue weighted by Crippen LogP contribution is -2.34. The van der Waals surface area contributed by atoms with Crippen molar-refractivity contribution in [2.45, 2.75) is 107 Å². The molecule has 5 atom stereocenters. The second kappa shape index (κ2) is 38.6. The fourth-order valence-electron chi connectivity index (χ4n) is 12.2. The van der Waals surface area contributed by atoms with Gasteiger partial charge in [0.2, 0.25) is 17.7 Å². The molecule has 4 saturated heterocycles. The van der Waals surface area contributed by atoms with E-state index < -0.39 is 30.8 Å². The van der Waals surface area contributed by atoms with E-state index in [4.69, 9.17) is 63.2 Å². The third kappa shape index (κ3) is 22.5. The minimum absolute atomic E-state index is 0.0827. The van der Waals surface area contributed by atoms with Crippen molar-refractivity contribution in [1.29, 1.82) is 0 Å². The number of nitrogens with zero attached hydrogens (tertiary/aromatic N) is 4. The van der Waals surface area contributed by atoms with E-state index in [1.54, 1.807) is 112 Å². The number of nitrogens with one attached hydrogen (secondary N) is 2. The minimum atomic E-state index is -1.01. The summed E-state index contributed by atoms with van der Waals surface area (Å²) in [7, 11) is 4.79. The third-order valence-electron chi connectivity index (χ3n) is 17.5. The molecule has 4 aliphatic heterocycles. The number of piperidine rings is 3. The van der Waals surface area contributed by atoms with Crippen molar-refractivity contribution in [3.63, 3.8) is 0 Å². The van der Waals surface area contributed by atoms with Crippen molar-refractivity contribution in [1.82, 2.24) is 14.7 Å². The predicted molar refractivity (Wildman–Crippen MR) is 377 cm³/mol. The topological polar surface area (TPSA) is 204 Å². The van der Waals surface area contributed by atoms with E-state index in [-0.39, 0.29) is 30.1 Å². The van der Waals surface area contributed by atoms with E-state index in [0.29, 0.717) is 105 Å². The minimum Gasteiger partial charge on any atom is -0.493 e. The molecule has 0 radical (unpaired) electrons. The molecule has 4 fully saturated rings. The van der Waals surface area contributed by atoms with E-state index in [9.17, 15) is 29.7 Å². The van der Waals surface area contributed by atoms with Crippen molar-refractivity contribution in [3.8, 4) is 34.5 Å². The molecular formula is C74H93Cl3N6O12. The first-order valence-electron chi connectivity index (χ1n) is 33.1. The molecule has 4 heterocycles. The molecule has 0 saturated carbocycles. The summed E-state index contributed by atoms with van der Waals surface area (Å²) >= 11 is 17.9. The van der Waals surface area contributed by atoms with Gasteiger partial charge in [-0.1, -0.05) is 96.5 Å². The quantitative estimate of drug-likeness (QED) is 0.0290. The third-order valence-corrected chi connectivity index (χ3v) is 18.2. The Morgan fingerprint density at radius 2 is 0.937 bits per heavy atom. The number of halogens is 3. The number of likely N-dealkylation sites (tertiary alicyclic amines) is 3. The number of hydrogen-bond acceptors (Lipinski definition) is 15. The number of aliphatic hydroxyl groups is 3. The van der Waals surface area contributed by atoms with Crippen LogP contribution in [0, 0.1) is 0 Å². The Hall–Kier alpha value is -7.10. The summed E-state index contributed by atoms with van der Waals surface area (Å²) in [5, 5.41) is 37.7. The number of methoxy groups -OCH3 is 3. The highest BCUT2D eigenvalue weighted by atomic mass is 35.5. The Balaban J connectivity index is 0.000000183. The van der Waals surface area contributed by atoms with Crippen LogP contribution in [0.1, 0.15) is 111 Å². The van der Waals surface area contributed by atoms with E-state index in [1.165, 1.54) is 62.7 Å². The van der Waals surface area contributed by atoms with Gasteiger partial charge < -0.3 is 54.4 Å². The average molecular weight is 1360 g/mol. The highest BCUT2D eigenvalue weighted by Crippen LogP contribution is 2.40. The molecule has 18 nitrogen and oxygen atoms in total. The number of hydrogen-bond donors (Lipinski definition) is 5. The zero-order chi connectivity index (χ0) is 67.5. The lowest BCUT2D eigenvalue weighted by Gasteiger charge is -2.26. The Labute approximate surface area is 574 Å². The first-order chi connectivity index (χ1) is 46.2. The monoisotopic (exact) mass is 1360 g/mol. The van der Waals surface area contributed by atoms with Gasteiger partial charge in [0.05, 0.1) is 57.5 Å². The molecule has 95 heavy (non-hydrogen) atoms. The average Bonchev–Trinajstić information content (AvgIpc) is 1.66. The van der Waals surface area contributed by atoms with Gasteiger partial charge in [-0.15, -0.1) is 6.58 Å². The standard InChI is InChI=1S/C25H33ClN2O5.C25H31ClN2O3.C24H29ClN2O4/c1-32-23-10-9-20(15-24(23)33-14-13-28-11-3-2-4-12-28)27-25(31)22(16-21(30)17-29)18-5-7-19(26)8-6-18;1-3-7-22(19-8-10-20(26)11-9-19)25(29)27-21-12-13-23(30-2)24(18-21)31-17-16-28-14-5-4-6-15-28;1-30-21-10-9-19(15-22(21)31-14-13-26-11-3-2-4-12-26)27-23(28)16-20(24(27)29)17-5-7-18(25)8-6-17/h5-10,15,21-22,29-30H,2-4,11-14,16-17H2,1H3,(H,27,31);3,8-13,18,22H,1,4-7,14-17H2,2H3,(H,27,29);5-10,15,20,23,28H,2-4,11-14,16H2,1H3. The van der Waals surface area contributed by atoms with Crippen LogP contribution in [-0.4, -0.2) is 167 Å². The maximum atomic E-state index is 13.1. The largest absolute Gasteiger partial charge is 0.493 e. The van der Waals surface area contributed by atoms with Crippen molar-refractivity contribution in [2.24, 2.45) is 0 Å². The van der Waals surface area contributed by atoms with Gasteiger partial charge in [-0.3, -0.25) is 34.0 Å². The van der Waals surface area contributed by atoms with Crippen LogP contribution < -0.4 is 44.0 Å².